The minimum absolute atomic E-state index is 0.160. The van der Waals surface area contributed by atoms with E-state index in [1.54, 1.807) is 0 Å². The SMILES string of the molecule is CCC/C=C/C/C=C/C/C=C/C/C=C/CCCCCC(=O)OC[C@@H](CO[C@@H]1O[C@H](CO[C@@H]2O[C@H](CO)[C@H](O)C(O)C2O)[C@H](O)C(O)C1O)OC(=O)CCCCCCCCCCCCCCCCCC. The fraction of sp³-hybridized carbons (Fsp3) is 0.815. The molecule has 15 heteroatoms. The number of rotatable bonds is 41. The normalized spacial score (nSPS) is 25.9. The molecule has 0 radical (unpaired) electrons. The van der Waals surface area contributed by atoms with Crippen molar-refractivity contribution in [2.24, 2.45) is 0 Å². The molecule has 0 aromatic heterocycles. The van der Waals surface area contributed by atoms with Gasteiger partial charge < -0.3 is 64.2 Å². The second kappa shape index (κ2) is 41.0. The average Bonchev–Trinajstić information content (AvgIpc) is 3.34. The summed E-state index contributed by atoms with van der Waals surface area (Å²) in [4.78, 5) is 25.8. The maximum Gasteiger partial charge on any atom is 0.306 e. The van der Waals surface area contributed by atoms with Crippen LogP contribution in [0.2, 0.25) is 0 Å². The van der Waals surface area contributed by atoms with Crippen molar-refractivity contribution in [3.63, 3.8) is 0 Å². The van der Waals surface area contributed by atoms with Gasteiger partial charge >= 0.3 is 11.9 Å². The van der Waals surface area contributed by atoms with Crippen LogP contribution in [0.15, 0.2) is 48.6 Å². The van der Waals surface area contributed by atoms with Gasteiger partial charge in [0.15, 0.2) is 18.7 Å². The summed E-state index contributed by atoms with van der Waals surface area (Å²) in [6, 6.07) is 0. The molecule has 15 nitrogen and oxygen atoms in total. The van der Waals surface area contributed by atoms with Gasteiger partial charge in [0, 0.05) is 12.8 Å². The number of ether oxygens (including phenoxy) is 6. The van der Waals surface area contributed by atoms with Gasteiger partial charge in [-0.15, -0.1) is 0 Å². The van der Waals surface area contributed by atoms with Crippen LogP contribution in [0.3, 0.4) is 0 Å². The van der Waals surface area contributed by atoms with Crippen molar-refractivity contribution in [2.75, 3.05) is 26.4 Å². The Balaban J connectivity index is 1.81. The summed E-state index contributed by atoms with van der Waals surface area (Å²) in [6.07, 6.45) is 28.5. The largest absolute Gasteiger partial charge is 0.462 e. The van der Waals surface area contributed by atoms with Crippen LogP contribution in [0.5, 0.6) is 0 Å². The summed E-state index contributed by atoms with van der Waals surface area (Å²) in [6.45, 7) is 2.50. The van der Waals surface area contributed by atoms with Crippen LogP contribution in [0.4, 0.5) is 0 Å². The summed E-state index contributed by atoms with van der Waals surface area (Å²) < 4.78 is 33.6. The molecule has 0 aliphatic carbocycles. The first-order chi connectivity index (χ1) is 33.5. The maximum absolute atomic E-state index is 13.0. The lowest BCUT2D eigenvalue weighted by Crippen LogP contribution is -2.61. The smallest absolute Gasteiger partial charge is 0.306 e. The lowest BCUT2D eigenvalue weighted by Gasteiger charge is -2.42. The second-order valence-electron chi connectivity index (χ2n) is 18.7. The first kappa shape index (κ1) is 62.6. The quantitative estimate of drug-likeness (QED) is 0.0176. The lowest BCUT2D eigenvalue weighted by atomic mass is 9.98. The average molecular weight is 983 g/mol. The molecule has 0 spiro atoms. The van der Waals surface area contributed by atoms with E-state index in [4.69, 9.17) is 28.4 Å². The maximum atomic E-state index is 13.0. The Morgan fingerprint density at radius 1 is 0.464 bits per heavy atom. The minimum Gasteiger partial charge on any atom is -0.462 e. The Hall–Kier alpha value is -2.54. The van der Waals surface area contributed by atoms with Crippen LogP contribution in [0.1, 0.15) is 187 Å². The van der Waals surface area contributed by atoms with Crippen molar-refractivity contribution >= 4 is 11.9 Å². The van der Waals surface area contributed by atoms with Gasteiger partial charge in [-0.3, -0.25) is 9.59 Å². The molecule has 2 aliphatic rings. The van der Waals surface area contributed by atoms with Crippen molar-refractivity contribution in [1.29, 1.82) is 0 Å². The van der Waals surface area contributed by atoms with Crippen molar-refractivity contribution in [3.8, 4) is 0 Å². The van der Waals surface area contributed by atoms with Crippen LogP contribution in [-0.2, 0) is 38.0 Å². The molecule has 2 fully saturated rings. The Labute approximate surface area is 414 Å². The van der Waals surface area contributed by atoms with E-state index in [0.29, 0.717) is 12.8 Å². The third-order valence-electron chi connectivity index (χ3n) is 12.5. The third-order valence-corrected chi connectivity index (χ3v) is 12.5. The highest BCUT2D eigenvalue weighted by Gasteiger charge is 2.47. The predicted octanol–water partition coefficient (Wildman–Crippen LogP) is 7.88. The van der Waals surface area contributed by atoms with Gasteiger partial charge in [-0.1, -0.05) is 172 Å². The Morgan fingerprint density at radius 3 is 1.42 bits per heavy atom. The van der Waals surface area contributed by atoms with Crippen molar-refractivity contribution < 1.29 is 73.8 Å². The van der Waals surface area contributed by atoms with E-state index in [1.807, 2.05) is 0 Å². The third kappa shape index (κ3) is 28.9. The van der Waals surface area contributed by atoms with E-state index >= 15 is 0 Å². The van der Waals surface area contributed by atoms with E-state index in [0.717, 1.165) is 64.2 Å². The molecule has 2 heterocycles. The fourth-order valence-corrected chi connectivity index (χ4v) is 8.15. The molecule has 400 valence electrons. The van der Waals surface area contributed by atoms with E-state index < -0.39 is 99.3 Å². The highest BCUT2D eigenvalue weighted by molar-refractivity contribution is 5.70. The monoisotopic (exact) mass is 983 g/mol. The van der Waals surface area contributed by atoms with Gasteiger partial charge in [-0.25, -0.2) is 0 Å². The zero-order chi connectivity index (χ0) is 50.3. The summed E-state index contributed by atoms with van der Waals surface area (Å²) in [5, 5.41) is 72.1. The van der Waals surface area contributed by atoms with Crippen LogP contribution >= 0.6 is 0 Å². The molecular formula is C54H94O15. The standard InChI is InChI=1S/C54H94O15/c1-3-5-7-9-11-13-15-17-19-21-23-24-26-28-30-32-34-36-45(56)64-39-42(67-46(57)37-35-33-31-29-27-25-22-20-18-16-14-12-10-8-6-4-2)40-65-53-52(63)50(61)48(59)44(69-53)41-66-54-51(62)49(60)47(58)43(38-55)68-54/h7,9,13,15,19,21,24,26,42-44,47-55,58-63H,3-6,8,10-12,14,16-18,20,22-23,25,27-41H2,1-2H3/b9-7+,15-13+,21-19+,26-24+/t42-,43+,44+,47-,48-,49?,50?,51?,52?,53+,54+/m0/s1. The Bertz CT molecular complexity index is 1390. The Kier molecular flexibility index (Phi) is 37.2. The van der Waals surface area contributed by atoms with Crippen molar-refractivity contribution in [3.05, 3.63) is 48.6 Å². The molecule has 0 bridgehead atoms. The molecule has 0 aromatic rings. The highest BCUT2D eigenvalue weighted by atomic mass is 16.7. The highest BCUT2D eigenvalue weighted by Crippen LogP contribution is 2.26. The number of aliphatic hydroxyl groups excluding tert-OH is 7. The molecule has 2 saturated heterocycles. The Morgan fingerprint density at radius 2 is 0.899 bits per heavy atom. The second-order valence-corrected chi connectivity index (χ2v) is 18.7. The predicted molar refractivity (Wildman–Crippen MR) is 266 cm³/mol. The number of allylic oxidation sites excluding steroid dienone is 8. The van der Waals surface area contributed by atoms with E-state index in [2.05, 4.69) is 62.5 Å². The van der Waals surface area contributed by atoms with Crippen LogP contribution in [0.25, 0.3) is 0 Å². The lowest BCUT2D eigenvalue weighted by molar-refractivity contribution is -0.332. The van der Waals surface area contributed by atoms with Gasteiger partial charge in [-0.05, 0) is 51.4 Å². The fourth-order valence-electron chi connectivity index (χ4n) is 8.15. The summed E-state index contributed by atoms with van der Waals surface area (Å²) >= 11 is 0. The van der Waals surface area contributed by atoms with Crippen molar-refractivity contribution in [1.82, 2.24) is 0 Å². The van der Waals surface area contributed by atoms with E-state index in [1.165, 1.54) is 83.5 Å². The first-order valence-electron chi connectivity index (χ1n) is 26.7. The number of carbonyl (C=O) groups is 2. The first-order valence-corrected chi connectivity index (χ1v) is 26.7. The number of unbranched alkanes of at least 4 members (excludes halogenated alkanes) is 19. The zero-order valence-electron chi connectivity index (χ0n) is 42.3. The van der Waals surface area contributed by atoms with Crippen LogP contribution < -0.4 is 0 Å². The number of aliphatic hydroxyl groups is 7. The molecule has 2 rings (SSSR count). The number of carbonyl (C=O) groups excluding carboxylic acids is 2. The molecule has 4 unspecified atom stereocenters. The van der Waals surface area contributed by atoms with Crippen molar-refractivity contribution in [2.45, 2.75) is 255 Å². The number of hydrogen-bond donors (Lipinski definition) is 7. The molecule has 0 saturated carbocycles. The molecule has 7 N–H and O–H groups in total. The molecule has 69 heavy (non-hydrogen) atoms. The summed E-state index contributed by atoms with van der Waals surface area (Å²) in [7, 11) is 0. The zero-order valence-corrected chi connectivity index (χ0v) is 42.3. The molecule has 2 aliphatic heterocycles. The van der Waals surface area contributed by atoms with Crippen LogP contribution in [-0.4, -0.2) is 142 Å². The number of esters is 2. The van der Waals surface area contributed by atoms with Gasteiger partial charge in [-0.2, -0.15) is 0 Å². The molecule has 0 aromatic carbocycles. The van der Waals surface area contributed by atoms with Gasteiger partial charge in [0.2, 0.25) is 0 Å². The molecule has 0 amide bonds. The van der Waals surface area contributed by atoms with Crippen LogP contribution in [0, 0.1) is 0 Å². The molecule has 11 atom stereocenters. The number of hydrogen-bond acceptors (Lipinski definition) is 15. The van der Waals surface area contributed by atoms with Gasteiger partial charge in [0.1, 0.15) is 55.4 Å². The molecular weight excluding hydrogens is 889 g/mol. The topological polar surface area (TPSA) is 231 Å². The van der Waals surface area contributed by atoms with Gasteiger partial charge in [0.25, 0.3) is 0 Å². The minimum atomic E-state index is -1.77. The summed E-state index contributed by atoms with van der Waals surface area (Å²) in [5.41, 5.74) is 0. The summed E-state index contributed by atoms with van der Waals surface area (Å²) in [5.74, 6) is -0.957. The van der Waals surface area contributed by atoms with E-state index in [9.17, 15) is 45.3 Å². The van der Waals surface area contributed by atoms with Gasteiger partial charge in [0.05, 0.1) is 19.8 Å². The van der Waals surface area contributed by atoms with E-state index in [-0.39, 0.29) is 19.4 Å².